The van der Waals surface area contributed by atoms with Gasteiger partial charge in [0.2, 0.25) is 6.39 Å². The molecule has 3 N–H and O–H groups in total. The number of tetrazole rings is 1. The Kier molecular flexibility index (Phi) is 18.1. The number of nitrogens with one attached hydrogen (secondary N) is 3. The lowest BCUT2D eigenvalue weighted by Crippen LogP contribution is -1.69. The van der Waals surface area contributed by atoms with Crippen molar-refractivity contribution in [3.05, 3.63) is 59.7 Å². The lowest BCUT2D eigenvalue weighted by Gasteiger charge is -1.68. The van der Waals surface area contributed by atoms with Crippen molar-refractivity contribution in [2.24, 2.45) is 0 Å². The fourth-order valence-electron chi connectivity index (χ4n) is 1.27. The van der Waals surface area contributed by atoms with Gasteiger partial charge in [0, 0.05) is 12.4 Å². The highest BCUT2D eigenvalue weighted by molar-refractivity contribution is 7.03. The van der Waals surface area contributed by atoms with Gasteiger partial charge in [0.25, 0.3) is 0 Å². The molecule has 0 bridgehead atoms. The molecular formula is C17H31N13OS. The minimum atomic E-state index is 0. The van der Waals surface area contributed by atoms with Gasteiger partial charge in [0.15, 0.2) is 11.6 Å². The number of rotatable bonds is 0. The van der Waals surface area contributed by atoms with Gasteiger partial charge in [-0.15, -0.1) is 10.2 Å². The minimum Gasteiger partial charge on any atom is -0.349 e. The molecule has 0 saturated heterocycles. The Bertz CT molecular complexity index is 748. The van der Waals surface area contributed by atoms with Crippen molar-refractivity contribution in [2.45, 2.75) is 49.5 Å². The summed E-state index contributed by atoms with van der Waals surface area (Å²) in [4.78, 5) is 18.0. The summed E-state index contributed by atoms with van der Waals surface area (Å²) in [6.45, 7) is 9.18. The zero-order chi connectivity index (χ0) is 22.0. The average molecular weight is 466 g/mol. The number of aromatic amines is 3. The molecule has 5 heterocycles. The van der Waals surface area contributed by atoms with E-state index in [0.29, 0.717) is 11.6 Å². The van der Waals surface area contributed by atoms with Crippen LogP contribution in [-0.4, -0.2) is 65.3 Å². The quantitative estimate of drug-likeness (QED) is 0.305. The van der Waals surface area contributed by atoms with E-state index in [0.717, 1.165) is 17.5 Å². The highest BCUT2D eigenvalue weighted by Gasteiger charge is 1.80. The van der Waals surface area contributed by atoms with Crippen LogP contribution in [0.1, 0.15) is 44.0 Å². The minimum absolute atomic E-state index is 0. The van der Waals surface area contributed by atoms with Crippen LogP contribution in [0, 0.1) is 34.6 Å². The molecule has 14 nitrogen and oxygen atoms in total. The number of aryl methyl sites for hydroxylation is 5. The first-order valence-electron chi connectivity index (χ1n) is 8.41. The largest absolute Gasteiger partial charge is 0.349 e. The third-order valence-electron chi connectivity index (χ3n) is 2.56. The van der Waals surface area contributed by atoms with Gasteiger partial charge in [-0.05, 0) is 46.2 Å². The predicted octanol–water partition coefficient (Wildman–Crippen LogP) is 2.84. The van der Waals surface area contributed by atoms with Gasteiger partial charge in [-0.3, -0.25) is 5.10 Å². The van der Waals surface area contributed by atoms with Crippen LogP contribution in [0.3, 0.4) is 0 Å². The Balaban J connectivity index is 0. The van der Waals surface area contributed by atoms with E-state index in [1.165, 1.54) is 24.3 Å². The van der Waals surface area contributed by atoms with Crippen molar-refractivity contribution in [1.29, 1.82) is 0 Å². The van der Waals surface area contributed by atoms with E-state index < -0.39 is 0 Å². The molecule has 0 unspecified atom stereocenters. The first kappa shape index (κ1) is 30.3. The van der Waals surface area contributed by atoms with Crippen LogP contribution >= 0.6 is 11.5 Å². The maximum absolute atomic E-state index is 4.35. The number of H-pyrrole nitrogens is 3. The van der Waals surface area contributed by atoms with Gasteiger partial charge in [-0.1, -0.05) is 25.2 Å². The van der Waals surface area contributed by atoms with Crippen molar-refractivity contribution < 1.29 is 4.52 Å². The number of nitrogens with zero attached hydrogens (tertiary/aromatic N) is 10. The molecule has 0 spiro atoms. The zero-order valence-electron chi connectivity index (χ0n) is 17.2. The highest BCUT2D eigenvalue weighted by Crippen LogP contribution is 1.87. The average Bonchev–Trinajstić information content (AvgIpc) is 3.50. The van der Waals surface area contributed by atoms with Crippen LogP contribution in [0.2, 0.25) is 0 Å². The second-order valence-electron chi connectivity index (χ2n) is 5.16. The molecule has 0 fully saturated rings. The van der Waals surface area contributed by atoms with Crippen molar-refractivity contribution in [3.63, 3.8) is 0 Å². The monoisotopic (exact) mass is 465 g/mol. The molecular weight excluding hydrogens is 434 g/mol. The zero-order valence-corrected chi connectivity index (χ0v) is 18.0. The Morgan fingerprint density at radius 1 is 0.875 bits per heavy atom. The van der Waals surface area contributed by atoms with Crippen molar-refractivity contribution in [1.82, 2.24) is 65.3 Å². The summed E-state index contributed by atoms with van der Waals surface area (Å²) in [5.41, 5.74) is 1.72. The number of hydrogen-bond acceptors (Lipinski definition) is 12. The molecule has 0 radical (unpaired) electrons. The molecule has 5 aromatic rings. The van der Waals surface area contributed by atoms with Crippen LogP contribution in [0.25, 0.3) is 0 Å². The van der Waals surface area contributed by atoms with Gasteiger partial charge < -0.3 is 9.51 Å². The van der Waals surface area contributed by atoms with Gasteiger partial charge >= 0.3 is 0 Å². The molecule has 0 saturated carbocycles. The Morgan fingerprint density at radius 2 is 1.66 bits per heavy atom. The van der Waals surface area contributed by atoms with E-state index >= 15 is 0 Å². The van der Waals surface area contributed by atoms with E-state index in [9.17, 15) is 0 Å². The second kappa shape index (κ2) is 19.1. The maximum Gasteiger partial charge on any atom is 0.213 e. The van der Waals surface area contributed by atoms with Gasteiger partial charge in [0.05, 0.1) is 0 Å². The van der Waals surface area contributed by atoms with Crippen molar-refractivity contribution >= 4 is 11.5 Å². The molecule has 0 amide bonds. The third kappa shape index (κ3) is 17.0. The molecule has 15 heteroatoms. The maximum atomic E-state index is 4.35. The molecule has 0 aliphatic carbocycles. The first-order valence-corrected chi connectivity index (χ1v) is 9.25. The summed E-state index contributed by atoms with van der Waals surface area (Å²) < 4.78 is 8.20. The van der Waals surface area contributed by atoms with Crippen LogP contribution in [0.15, 0.2) is 35.1 Å². The number of aromatic nitrogens is 13. The normalized spacial score (nSPS) is 8.28. The van der Waals surface area contributed by atoms with E-state index in [-0.39, 0.29) is 14.9 Å². The Hall–Kier alpha value is -3.88. The molecule has 176 valence electrons. The lowest BCUT2D eigenvalue weighted by molar-refractivity contribution is 0.412. The topological polar surface area (TPSA) is 189 Å². The molecule has 0 aromatic carbocycles. The van der Waals surface area contributed by atoms with Crippen molar-refractivity contribution in [3.8, 4) is 0 Å². The summed E-state index contributed by atoms with van der Waals surface area (Å²) in [5, 5.41) is 22.4. The van der Waals surface area contributed by atoms with Gasteiger partial charge in [-0.2, -0.15) is 19.7 Å². The molecule has 0 aliphatic heterocycles. The first-order chi connectivity index (χ1) is 14.5. The van der Waals surface area contributed by atoms with E-state index in [1.54, 1.807) is 31.8 Å². The molecule has 0 aliphatic rings. The van der Waals surface area contributed by atoms with E-state index in [2.05, 4.69) is 69.8 Å². The van der Waals surface area contributed by atoms with Crippen LogP contribution in [-0.2, 0) is 0 Å². The smallest absolute Gasteiger partial charge is 0.213 e. The van der Waals surface area contributed by atoms with Crippen molar-refractivity contribution in [2.75, 3.05) is 0 Å². The third-order valence-corrected chi connectivity index (χ3v) is 3.13. The SMILES string of the molecule is C.C.Cc1ncc[nH]1.Cc1ncn[nH]1.Cc1ncon1.Cc1ncsn1.Cc1nn[nH]n1. The summed E-state index contributed by atoms with van der Waals surface area (Å²) >= 11 is 1.38. The molecule has 5 aromatic heterocycles. The van der Waals surface area contributed by atoms with Gasteiger partial charge in [-0.25, -0.2) is 15.0 Å². The number of imidazole rings is 1. The highest BCUT2D eigenvalue weighted by atomic mass is 32.1. The van der Waals surface area contributed by atoms with Crippen LogP contribution < -0.4 is 0 Å². The second-order valence-corrected chi connectivity index (χ2v) is 5.77. The van der Waals surface area contributed by atoms with E-state index in [4.69, 9.17) is 0 Å². The number of hydrogen-bond donors (Lipinski definition) is 3. The summed E-state index contributed by atoms with van der Waals surface area (Å²) in [7, 11) is 0. The summed E-state index contributed by atoms with van der Waals surface area (Å²) in [6, 6.07) is 0. The van der Waals surface area contributed by atoms with Crippen LogP contribution in [0.4, 0.5) is 0 Å². The standard InChI is InChI=1S/C4H6N2.C3H5N3.C3H4N2O.C3H4N2S.C2H4N4.2CH4/c1-4-5-2-3-6-4;1-3-4-2-5-6-3;2*1-3-4-2-6-5-3;1-2-3-5-6-4-2;;/h2-3H,1H3,(H,5,6);2H,1H3,(H,4,5,6);2*2H,1H3;1H3,(H,3,4,5,6);2*1H4. The molecule has 32 heavy (non-hydrogen) atoms. The Labute approximate surface area is 190 Å². The van der Waals surface area contributed by atoms with Crippen LogP contribution in [0.5, 0.6) is 0 Å². The molecule has 0 atom stereocenters. The fourth-order valence-corrected chi connectivity index (χ4v) is 1.72. The predicted molar refractivity (Wildman–Crippen MR) is 121 cm³/mol. The van der Waals surface area contributed by atoms with E-state index in [1.807, 2.05) is 20.8 Å². The summed E-state index contributed by atoms with van der Waals surface area (Å²) in [5.74, 6) is 4.04. The Morgan fingerprint density at radius 3 is 1.81 bits per heavy atom. The van der Waals surface area contributed by atoms with Gasteiger partial charge in [0.1, 0.15) is 29.3 Å². The summed E-state index contributed by atoms with van der Waals surface area (Å²) in [6.07, 6.45) is 6.31. The lowest BCUT2D eigenvalue weighted by atomic mass is 10.8. The molecule has 5 rings (SSSR count). The fraction of sp³-hybridized carbons (Fsp3) is 0.412.